The molecule has 0 bridgehead atoms. The Labute approximate surface area is 151 Å². The maximum absolute atomic E-state index is 5.49. The summed E-state index contributed by atoms with van der Waals surface area (Å²) in [5, 5.41) is 0. The molecule has 5 heteroatoms. The van der Waals surface area contributed by atoms with Gasteiger partial charge in [-0.3, -0.25) is 9.80 Å². The Morgan fingerprint density at radius 1 is 1.12 bits per heavy atom. The molecule has 0 radical (unpaired) electrons. The summed E-state index contributed by atoms with van der Waals surface area (Å²) < 4.78 is 16.3. The van der Waals surface area contributed by atoms with Gasteiger partial charge in [-0.05, 0) is 37.1 Å². The molecule has 0 unspecified atom stereocenters. The zero-order valence-electron chi connectivity index (χ0n) is 15.7. The molecule has 1 aromatic rings. The lowest BCUT2D eigenvalue weighted by molar-refractivity contribution is 0.0153. The molecule has 5 nitrogen and oxygen atoms in total. The van der Waals surface area contributed by atoms with E-state index in [0.717, 1.165) is 44.2 Å². The largest absolute Gasteiger partial charge is 0.496 e. The summed E-state index contributed by atoms with van der Waals surface area (Å²) in [5.41, 5.74) is 2.48. The van der Waals surface area contributed by atoms with Crippen LogP contribution in [0.15, 0.2) is 18.2 Å². The molecule has 0 spiro atoms. The lowest BCUT2D eigenvalue weighted by Gasteiger charge is -2.39. The Balaban J connectivity index is 1.65. The van der Waals surface area contributed by atoms with E-state index in [1.807, 2.05) is 0 Å². The highest BCUT2D eigenvalue weighted by Gasteiger charge is 2.25. The van der Waals surface area contributed by atoms with Crippen LogP contribution in [0.4, 0.5) is 0 Å². The minimum atomic E-state index is 0.591. The normalized spacial score (nSPS) is 22.9. The van der Waals surface area contributed by atoms with E-state index in [1.165, 1.54) is 37.9 Å². The highest BCUT2D eigenvalue weighted by Crippen LogP contribution is 2.25. The Morgan fingerprint density at radius 2 is 1.96 bits per heavy atom. The minimum Gasteiger partial charge on any atom is -0.496 e. The first kappa shape index (κ1) is 18.6. The molecule has 2 aliphatic rings. The third kappa shape index (κ3) is 5.17. The van der Waals surface area contributed by atoms with Crippen LogP contribution in [0.3, 0.4) is 0 Å². The maximum atomic E-state index is 5.49. The predicted molar refractivity (Wildman–Crippen MR) is 99.0 cm³/mol. The zero-order chi connectivity index (χ0) is 17.5. The number of hydrogen-bond donors (Lipinski definition) is 0. The summed E-state index contributed by atoms with van der Waals surface area (Å²) >= 11 is 0. The highest BCUT2D eigenvalue weighted by molar-refractivity contribution is 5.37. The van der Waals surface area contributed by atoms with E-state index in [1.54, 1.807) is 14.2 Å². The van der Waals surface area contributed by atoms with Gasteiger partial charge in [0.1, 0.15) is 5.75 Å². The second-order valence-corrected chi connectivity index (χ2v) is 7.11. The van der Waals surface area contributed by atoms with Crippen molar-refractivity contribution in [1.29, 1.82) is 0 Å². The predicted octanol–water partition coefficient (Wildman–Crippen LogP) is 2.53. The van der Waals surface area contributed by atoms with Gasteiger partial charge in [0.2, 0.25) is 0 Å². The van der Waals surface area contributed by atoms with E-state index in [-0.39, 0.29) is 0 Å². The molecule has 0 aromatic heterocycles. The SMILES string of the molecule is COCc1cc(CN2CCCC[C@H]2CN2CCOCC2)ccc1OC. The highest BCUT2D eigenvalue weighted by atomic mass is 16.5. The second-order valence-electron chi connectivity index (χ2n) is 7.11. The Bertz CT molecular complexity index is 532. The topological polar surface area (TPSA) is 34.2 Å². The van der Waals surface area contributed by atoms with Gasteiger partial charge in [0, 0.05) is 44.9 Å². The van der Waals surface area contributed by atoms with E-state index < -0.39 is 0 Å². The maximum Gasteiger partial charge on any atom is 0.124 e. The number of benzene rings is 1. The van der Waals surface area contributed by atoms with Crippen molar-refractivity contribution in [3.05, 3.63) is 29.3 Å². The summed E-state index contributed by atoms with van der Waals surface area (Å²) in [5.74, 6) is 0.911. The molecule has 0 aliphatic carbocycles. The van der Waals surface area contributed by atoms with Crippen LogP contribution in [0.25, 0.3) is 0 Å². The van der Waals surface area contributed by atoms with E-state index in [0.29, 0.717) is 12.6 Å². The van der Waals surface area contributed by atoms with Gasteiger partial charge < -0.3 is 14.2 Å². The van der Waals surface area contributed by atoms with Crippen LogP contribution in [-0.4, -0.2) is 69.5 Å². The third-order valence-electron chi connectivity index (χ3n) is 5.35. The van der Waals surface area contributed by atoms with E-state index in [2.05, 4.69) is 28.0 Å². The van der Waals surface area contributed by atoms with Crippen LogP contribution in [0, 0.1) is 0 Å². The summed E-state index contributed by atoms with van der Waals surface area (Å²) in [6, 6.07) is 7.16. The molecule has 0 amide bonds. The quantitative estimate of drug-likeness (QED) is 0.756. The Hall–Kier alpha value is -1.14. The van der Waals surface area contributed by atoms with Crippen LogP contribution < -0.4 is 4.74 Å². The minimum absolute atomic E-state index is 0.591. The van der Waals surface area contributed by atoms with Crippen molar-refractivity contribution >= 4 is 0 Å². The lowest BCUT2D eigenvalue weighted by atomic mass is 10.00. The van der Waals surface area contributed by atoms with Crippen molar-refractivity contribution < 1.29 is 14.2 Å². The summed E-state index contributed by atoms with van der Waals surface area (Å²) in [4.78, 5) is 5.23. The third-order valence-corrected chi connectivity index (χ3v) is 5.35. The first-order valence-corrected chi connectivity index (χ1v) is 9.49. The zero-order valence-corrected chi connectivity index (χ0v) is 15.7. The summed E-state index contributed by atoms with van der Waals surface area (Å²) in [6.45, 7) is 7.88. The monoisotopic (exact) mass is 348 g/mol. The van der Waals surface area contributed by atoms with Gasteiger partial charge in [0.25, 0.3) is 0 Å². The number of hydrogen-bond acceptors (Lipinski definition) is 5. The standard InChI is InChI=1S/C20H32N2O3/c1-23-16-18-13-17(6-7-20(18)24-2)14-22-8-4-3-5-19(22)15-21-9-11-25-12-10-21/h6-7,13,19H,3-5,8-12,14-16H2,1-2H3/t19-/m0/s1. The van der Waals surface area contributed by atoms with Crippen LogP contribution >= 0.6 is 0 Å². The number of morpholine rings is 1. The first-order chi connectivity index (χ1) is 12.3. The molecule has 2 saturated heterocycles. The first-order valence-electron chi connectivity index (χ1n) is 9.49. The Morgan fingerprint density at radius 3 is 2.72 bits per heavy atom. The molecule has 25 heavy (non-hydrogen) atoms. The van der Waals surface area contributed by atoms with Crippen molar-refractivity contribution in [3.8, 4) is 5.75 Å². The van der Waals surface area contributed by atoms with Crippen LogP contribution in [-0.2, 0) is 22.6 Å². The molecule has 2 fully saturated rings. The van der Waals surface area contributed by atoms with Crippen molar-refractivity contribution in [3.63, 3.8) is 0 Å². The van der Waals surface area contributed by atoms with Crippen molar-refractivity contribution in [2.45, 2.75) is 38.5 Å². The molecule has 2 heterocycles. The van der Waals surface area contributed by atoms with Crippen LogP contribution in [0.1, 0.15) is 30.4 Å². The van der Waals surface area contributed by atoms with Crippen LogP contribution in [0.2, 0.25) is 0 Å². The molecule has 1 atom stereocenters. The van der Waals surface area contributed by atoms with Gasteiger partial charge in [-0.25, -0.2) is 0 Å². The molecule has 3 rings (SSSR count). The average Bonchev–Trinajstić information content (AvgIpc) is 2.65. The van der Waals surface area contributed by atoms with Crippen molar-refractivity contribution in [1.82, 2.24) is 9.80 Å². The number of ether oxygens (including phenoxy) is 3. The van der Waals surface area contributed by atoms with Gasteiger partial charge in [-0.2, -0.15) is 0 Å². The summed E-state index contributed by atoms with van der Waals surface area (Å²) in [7, 11) is 3.45. The van der Waals surface area contributed by atoms with Gasteiger partial charge >= 0.3 is 0 Å². The molecule has 0 saturated carbocycles. The molecule has 1 aromatic carbocycles. The average molecular weight is 348 g/mol. The Kier molecular flexibility index (Phi) is 7.11. The number of nitrogens with zero attached hydrogens (tertiary/aromatic N) is 2. The number of rotatable bonds is 7. The van der Waals surface area contributed by atoms with Crippen molar-refractivity contribution in [2.75, 3.05) is 53.6 Å². The van der Waals surface area contributed by atoms with Gasteiger partial charge in [-0.15, -0.1) is 0 Å². The van der Waals surface area contributed by atoms with Gasteiger partial charge in [0.05, 0.1) is 26.9 Å². The molecule has 140 valence electrons. The molecular formula is C20H32N2O3. The molecular weight excluding hydrogens is 316 g/mol. The number of piperidine rings is 1. The fourth-order valence-corrected chi connectivity index (χ4v) is 3.99. The fraction of sp³-hybridized carbons (Fsp3) is 0.700. The number of methoxy groups -OCH3 is 2. The van der Waals surface area contributed by atoms with E-state index in [4.69, 9.17) is 14.2 Å². The lowest BCUT2D eigenvalue weighted by Crippen LogP contribution is -2.49. The van der Waals surface area contributed by atoms with E-state index in [9.17, 15) is 0 Å². The van der Waals surface area contributed by atoms with Crippen LogP contribution in [0.5, 0.6) is 5.75 Å². The molecule has 0 N–H and O–H groups in total. The molecule has 2 aliphatic heterocycles. The second kappa shape index (κ2) is 9.53. The summed E-state index contributed by atoms with van der Waals surface area (Å²) in [6.07, 6.45) is 3.96. The number of likely N-dealkylation sites (tertiary alicyclic amines) is 1. The van der Waals surface area contributed by atoms with Gasteiger partial charge in [-0.1, -0.05) is 12.5 Å². The van der Waals surface area contributed by atoms with Gasteiger partial charge in [0.15, 0.2) is 0 Å². The smallest absolute Gasteiger partial charge is 0.124 e. The van der Waals surface area contributed by atoms with E-state index >= 15 is 0 Å². The fourth-order valence-electron chi connectivity index (χ4n) is 3.99. The van der Waals surface area contributed by atoms with Crippen molar-refractivity contribution in [2.24, 2.45) is 0 Å².